The van der Waals surface area contributed by atoms with Crippen LogP contribution < -0.4 is 15.5 Å². The number of amides is 1. The number of benzene rings is 1. The number of alkyl halides is 3. The minimum atomic E-state index is -4.64. The Bertz CT molecular complexity index is 1160. The summed E-state index contributed by atoms with van der Waals surface area (Å²) < 4.78 is 40.2. The van der Waals surface area contributed by atoms with Crippen LogP contribution in [0.15, 0.2) is 36.4 Å². The van der Waals surface area contributed by atoms with Crippen LogP contribution in [0.2, 0.25) is 0 Å². The van der Waals surface area contributed by atoms with E-state index in [1.807, 2.05) is 29.2 Å². The number of rotatable bonds is 5. The number of nitrogens with zero attached hydrogens (tertiary/aromatic N) is 5. The molecule has 186 valence electrons. The van der Waals surface area contributed by atoms with E-state index >= 15 is 0 Å². The predicted octanol–water partition coefficient (Wildman–Crippen LogP) is 4.74. The fourth-order valence-electron chi connectivity index (χ4n) is 4.87. The molecule has 11 heteroatoms. The van der Waals surface area contributed by atoms with Gasteiger partial charge in [0.2, 0.25) is 5.91 Å². The summed E-state index contributed by atoms with van der Waals surface area (Å²) in [7, 11) is 0. The minimum absolute atomic E-state index is 0.0373. The monoisotopic (exact) mass is 487 g/mol. The molecule has 1 saturated heterocycles. The van der Waals surface area contributed by atoms with Gasteiger partial charge in [-0.15, -0.1) is 15.3 Å². The molecule has 1 aliphatic carbocycles. The molecular weight excluding hydrogens is 459 g/mol. The molecule has 1 aliphatic heterocycles. The Morgan fingerprint density at radius 3 is 2.26 bits per heavy atom. The molecule has 1 aromatic carbocycles. The van der Waals surface area contributed by atoms with Gasteiger partial charge in [0, 0.05) is 36.4 Å². The fraction of sp³-hybridized carbons (Fsp3) is 0.500. The van der Waals surface area contributed by atoms with Crippen LogP contribution >= 0.6 is 0 Å². The lowest BCUT2D eigenvalue weighted by Crippen LogP contribution is -2.38. The Kier molecular flexibility index (Phi) is 6.48. The first-order valence-electron chi connectivity index (χ1n) is 12.1. The SMILES string of the molecule is O=C(Nc1ccc(NC2CCCCC2)cc1)C1CCN(c2ccc3nnc(C(F)(F)F)n3n2)CC1. The lowest BCUT2D eigenvalue weighted by Gasteiger charge is -2.32. The van der Waals surface area contributed by atoms with Crippen LogP contribution in [0.4, 0.5) is 30.4 Å². The maximum absolute atomic E-state index is 13.1. The van der Waals surface area contributed by atoms with Crippen molar-refractivity contribution in [1.29, 1.82) is 0 Å². The first kappa shape index (κ1) is 23.4. The summed E-state index contributed by atoms with van der Waals surface area (Å²) in [6.07, 6.45) is 2.78. The van der Waals surface area contributed by atoms with Gasteiger partial charge in [-0.25, -0.2) is 0 Å². The first-order chi connectivity index (χ1) is 16.9. The number of carbonyl (C=O) groups excluding carboxylic acids is 1. The maximum Gasteiger partial charge on any atom is 0.453 e. The summed E-state index contributed by atoms with van der Waals surface area (Å²) in [4.78, 5) is 14.7. The molecule has 3 heterocycles. The molecule has 0 atom stereocenters. The molecule has 0 spiro atoms. The van der Waals surface area contributed by atoms with Gasteiger partial charge in [-0.05, 0) is 62.1 Å². The van der Waals surface area contributed by atoms with Crippen molar-refractivity contribution in [1.82, 2.24) is 19.8 Å². The number of nitrogens with one attached hydrogen (secondary N) is 2. The summed E-state index contributed by atoms with van der Waals surface area (Å²) in [5.41, 5.74) is 1.86. The van der Waals surface area contributed by atoms with Crippen molar-refractivity contribution < 1.29 is 18.0 Å². The zero-order valence-corrected chi connectivity index (χ0v) is 19.3. The van der Waals surface area contributed by atoms with Crippen molar-refractivity contribution in [3.63, 3.8) is 0 Å². The molecule has 2 aromatic heterocycles. The molecule has 2 aliphatic rings. The molecular formula is C24H28F3N7O. The van der Waals surface area contributed by atoms with E-state index in [1.165, 1.54) is 38.2 Å². The second-order valence-electron chi connectivity index (χ2n) is 9.29. The third kappa shape index (κ3) is 5.33. The average molecular weight is 488 g/mol. The van der Waals surface area contributed by atoms with Crippen LogP contribution in [-0.2, 0) is 11.0 Å². The molecule has 1 amide bonds. The Hall–Kier alpha value is -3.37. The van der Waals surface area contributed by atoms with Crippen molar-refractivity contribution in [2.24, 2.45) is 5.92 Å². The number of anilines is 3. The average Bonchev–Trinajstić information content (AvgIpc) is 3.30. The molecule has 0 unspecified atom stereocenters. The molecule has 35 heavy (non-hydrogen) atoms. The van der Waals surface area contributed by atoms with E-state index in [9.17, 15) is 18.0 Å². The number of halogens is 3. The van der Waals surface area contributed by atoms with Crippen molar-refractivity contribution in [3.05, 3.63) is 42.2 Å². The van der Waals surface area contributed by atoms with Crippen molar-refractivity contribution in [2.45, 2.75) is 57.2 Å². The molecule has 2 N–H and O–H groups in total. The molecule has 8 nitrogen and oxygen atoms in total. The summed E-state index contributed by atoms with van der Waals surface area (Å²) in [5.74, 6) is -0.957. The maximum atomic E-state index is 13.1. The Morgan fingerprint density at radius 2 is 1.57 bits per heavy atom. The molecule has 3 aromatic rings. The molecule has 0 bridgehead atoms. The number of fused-ring (bicyclic) bond motifs is 1. The van der Waals surface area contributed by atoms with Gasteiger partial charge in [0.1, 0.15) is 5.82 Å². The van der Waals surface area contributed by atoms with E-state index in [1.54, 1.807) is 6.07 Å². The summed E-state index contributed by atoms with van der Waals surface area (Å²) in [5, 5.41) is 17.4. The van der Waals surface area contributed by atoms with Gasteiger partial charge in [-0.1, -0.05) is 19.3 Å². The smallest absolute Gasteiger partial charge is 0.382 e. The normalized spacial score (nSPS) is 18.1. The zero-order valence-electron chi connectivity index (χ0n) is 19.3. The second kappa shape index (κ2) is 9.71. The minimum Gasteiger partial charge on any atom is -0.382 e. The number of aromatic nitrogens is 4. The Morgan fingerprint density at radius 1 is 0.886 bits per heavy atom. The highest BCUT2D eigenvalue weighted by atomic mass is 19.4. The number of hydrogen-bond donors (Lipinski definition) is 2. The molecule has 1 saturated carbocycles. The highest BCUT2D eigenvalue weighted by Gasteiger charge is 2.38. The lowest BCUT2D eigenvalue weighted by molar-refractivity contribution is -0.146. The highest BCUT2D eigenvalue weighted by Crippen LogP contribution is 2.29. The van der Waals surface area contributed by atoms with Crippen molar-refractivity contribution in [3.8, 4) is 0 Å². The van der Waals surface area contributed by atoms with Gasteiger partial charge in [-0.3, -0.25) is 4.79 Å². The van der Waals surface area contributed by atoms with Crippen LogP contribution in [0.1, 0.15) is 50.8 Å². The van der Waals surface area contributed by atoms with Gasteiger partial charge < -0.3 is 15.5 Å². The van der Waals surface area contributed by atoms with Crippen molar-refractivity contribution in [2.75, 3.05) is 28.6 Å². The summed E-state index contributed by atoms with van der Waals surface area (Å²) in [6.45, 7) is 1.04. The molecule has 0 radical (unpaired) electrons. The number of carbonyl (C=O) groups is 1. The molecule has 5 rings (SSSR count). The summed E-state index contributed by atoms with van der Waals surface area (Å²) >= 11 is 0. The third-order valence-corrected chi connectivity index (χ3v) is 6.82. The summed E-state index contributed by atoms with van der Waals surface area (Å²) in [6, 6.07) is 11.4. The van der Waals surface area contributed by atoms with Crippen molar-refractivity contribution >= 4 is 28.7 Å². The highest BCUT2D eigenvalue weighted by molar-refractivity contribution is 5.92. The number of hydrogen-bond acceptors (Lipinski definition) is 6. The lowest BCUT2D eigenvalue weighted by atomic mass is 9.95. The van der Waals surface area contributed by atoms with Gasteiger partial charge >= 0.3 is 6.18 Å². The fourth-order valence-corrected chi connectivity index (χ4v) is 4.87. The molecule has 2 fully saturated rings. The van der Waals surface area contributed by atoms with Crippen LogP contribution in [0.5, 0.6) is 0 Å². The van der Waals surface area contributed by atoms with E-state index in [4.69, 9.17) is 0 Å². The Balaban J connectivity index is 1.16. The largest absolute Gasteiger partial charge is 0.453 e. The van der Waals surface area contributed by atoms with E-state index in [0.29, 0.717) is 37.8 Å². The second-order valence-corrected chi connectivity index (χ2v) is 9.29. The van der Waals surface area contributed by atoms with Crippen LogP contribution in [0, 0.1) is 5.92 Å². The predicted molar refractivity (Wildman–Crippen MR) is 126 cm³/mol. The first-order valence-corrected chi connectivity index (χ1v) is 12.1. The third-order valence-electron chi connectivity index (χ3n) is 6.82. The van der Waals surface area contributed by atoms with E-state index < -0.39 is 12.0 Å². The van der Waals surface area contributed by atoms with Gasteiger partial charge in [0.15, 0.2) is 5.65 Å². The van der Waals surface area contributed by atoms with E-state index in [0.717, 1.165) is 15.9 Å². The van der Waals surface area contributed by atoms with Crippen LogP contribution in [-0.4, -0.2) is 44.8 Å². The quantitative estimate of drug-likeness (QED) is 0.541. The topological polar surface area (TPSA) is 87.5 Å². The zero-order chi connectivity index (χ0) is 24.4. The van der Waals surface area contributed by atoms with Gasteiger partial charge in [0.25, 0.3) is 5.82 Å². The standard InChI is InChI=1S/C24H28F3N7O/c25-24(26,27)23-31-30-20-10-11-21(32-34(20)23)33-14-12-16(13-15-33)22(35)29-19-8-6-18(7-9-19)28-17-4-2-1-3-5-17/h6-11,16-17,28H,1-5,12-15H2,(H,29,35). The van der Waals surface area contributed by atoms with Gasteiger partial charge in [-0.2, -0.15) is 17.7 Å². The van der Waals surface area contributed by atoms with Crippen LogP contribution in [0.3, 0.4) is 0 Å². The van der Waals surface area contributed by atoms with E-state index in [2.05, 4.69) is 25.9 Å². The van der Waals surface area contributed by atoms with Crippen LogP contribution in [0.25, 0.3) is 5.65 Å². The van der Waals surface area contributed by atoms with E-state index in [-0.39, 0.29) is 17.5 Å². The van der Waals surface area contributed by atoms with Gasteiger partial charge in [0.05, 0.1) is 0 Å². The number of piperidine rings is 1. The Labute approximate surface area is 200 Å².